The Morgan fingerprint density at radius 2 is 1.89 bits per heavy atom. The highest BCUT2D eigenvalue weighted by Crippen LogP contribution is 2.32. The standard InChI is InChI=1S/C13H10Cl3NOS/c14-9-5-11(16)12(6-10(9)15)17-13(18)2-1-8-3-4-19-7-8/h3-7H,1-2H2,(H,17,18). The quantitative estimate of drug-likeness (QED) is 0.757. The number of carbonyl (C=O) groups is 1. The number of nitrogens with one attached hydrogen (secondary N) is 1. The summed E-state index contributed by atoms with van der Waals surface area (Å²) in [7, 11) is 0. The maximum atomic E-state index is 11.8. The van der Waals surface area contributed by atoms with Crippen LogP contribution in [0.3, 0.4) is 0 Å². The van der Waals surface area contributed by atoms with Crippen molar-refractivity contribution in [2.75, 3.05) is 5.32 Å². The molecule has 2 rings (SSSR count). The smallest absolute Gasteiger partial charge is 0.224 e. The van der Waals surface area contributed by atoms with E-state index < -0.39 is 0 Å². The van der Waals surface area contributed by atoms with E-state index in [-0.39, 0.29) is 5.91 Å². The molecule has 2 aromatic rings. The van der Waals surface area contributed by atoms with Gasteiger partial charge in [-0.15, -0.1) is 0 Å². The molecule has 19 heavy (non-hydrogen) atoms. The van der Waals surface area contributed by atoms with E-state index in [1.54, 1.807) is 17.4 Å². The van der Waals surface area contributed by atoms with Crippen LogP contribution < -0.4 is 5.32 Å². The SMILES string of the molecule is O=C(CCc1ccsc1)Nc1cc(Cl)c(Cl)cc1Cl. The number of anilines is 1. The van der Waals surface area contributed by atoms with Crippen LogP contribution in [0.5, 0.6) is 0 Å². The van der Waals surface area contributed by atoms with E-state index in [0.717, 1.165) is 5.56 Å². The molecule has 0 unspecified atom stereocenters. The minimum atomic E-state index is -0.105. The van der Waals surface area contributed by atoms with Crippen molar-refractivity contribution in [3.63, 3.8) is 0 Å². The summed E-state index contributed by atoms with van der Waals surface area (Å²) in [5.74, 6) is -0.105. The molecule has 0 atom stereocenters. The molecule has 0 spiro atoms. The van der Waals surface area contributed by atoms with Crippen molar-refractivity contribution in [1.82, 2.24) is 0 Å². The Hall–Kier alpha value is -0.740. The molecule has 0 fully saturated rings. The third-order valence-corrected chi connectivity index (χ3v) is 4.27. The lowest BCUT2D eigenvalue weighted by Gasteiger charge is -2.08. The highest BCUT2D eigenvalue weighted by molar-refractivity contribution is 7.07. The Balaban J connectivity index is 1.97. The van der Waals surface area contributed by atoms with Crippen molar-refractivity contribution in [2.24, 2.45) is 0 Å². The average molecular weight is 335 g/mol. The summed E-state index contributed by atoms with van der Waals surface area (Å²) in [6.07, 6.45) is 1.10. The predicted molar refractivity (Wildman–Crippen MR) is 82.7 cm³/mol. The van der Waals surface area contributed by atoms with Crippen molar-refractivity contribution in [3.8, 4) is 0 Å². The molecule has 1 amide bonds. The Bertz CT molecular complexity index is 584. The molecule has 1 aromatic heterocycles. The number of carbonyl (C=O) groups excluding carboxylic acids is 1. The van der Waals surface area contributed by atoms with Crippen LogP contribution >= 0.6 is 46.1 Å². The monoisotopic (exact) mass is 333 g/mol. The van der Waals surface area contributed by atoms with Gasteiger partial charge in [0.25, 0.3) is 0 Å². The number of amides is 1. The third-order valence-electron chi connectivity index (χ3n) is 2.50. The molecule has 6 heteroatoms. The minimum absolute atomic E-state index is 0.105. The molecule has 0 radical (unpaired) electrons. The summed E-state index contributed by atoms with van der Waals surface area (Å²) < 4.78 is 0. The number of aryl methyl sites for hydroxylation is 1. The summed E-state index contributed by atoms with van der Waals surface area (Å²) in [5, 5.41) is 7.84. The molecule has 0 bridgehead atoms. The van der Waals surface area contributed by atoms with Gasteiger partial charge in [-0.05, 0) is 40.9 Å². The minimum Gasteiger partial charge on any atom is -0.325 e. The van der Waals surface area contributed by atoms with Crippen LogP contribution in [0, 0.1) is 0 Å². The second kappa shape index (κ2) is 6.62. The first-order valence-corrected chi connectivity index (χ1v) is 7.59. The van der Waals surface area contributed by atoms with E-state index in [9.17, 15) is 4.79 Å². The van der Waals surface area contributed by atoms with E-state index in [4.69, 9.17) is 34.8 Å². The highest BCUT2D eigenvalue weighted by atomic mass is 35.5. The molecule has 1 aromatic carbocycles. The molecule has 0 aliphatic carbocycles. The Morgan fingerprint density at radius 1 is 1.16 bits per heavy atom. The predicted octanol–water partition coefficient (Wildman–Crippen LogP) is 5.28. The van der Waals surface area contributed by atoms with Gasteiger partial charge >= 0.3 is 0 Å². The molecular formula is C13H10Cl3NOS. The van der Waals surface area contributed by atoms with Gasteiger partial charge in [0.15, 0.2) is 0 Å². The Morgan fingerprint density at radius 3 is 2.58 bits per heavy atom. The molecule has 1 N–H and O–H groups in total. The van der Waals surface area contributed by atoms with Crippen LogP contribution in [0.25, 0.3) is 0 Å². The number of benzene rings is 1. The maximum Gasteiger partial charge on any atom is 0.224 e. The van der Waals surface area contributed by atoms with Crippen molar-refractivity contribution >= 4 is 57.7 Å². The normalized spacial score (nSPS) is 10.5. The second-order valence-corrected chi connectivity index (χ2v) is 5.93. The van der Waals surface area contributed by atoms with Crippen molar-refractivity contribution in [2.45, 2.75) is 12.8 Å². The fourth-order valence-corrected chi connectivity index (χ4v) is 2.82. The topological polar surface area (TPSA) is 29.1 Å². The van der Waals surface area contributed by atoms with Gasteiger partial charge in [0, 0.05) is 6.42 Å². The van der Waals surface area contributed by atoms with E-state index >= 15 is 0 Å². The summed E-state index contributed by atoms with van der Waals surface area (Å²) >= 11 is 19.3. The average Bonchev–Trinajstić information content (AvgIpc) is 2.86. The molecule has 0 saturated heterocycles. The molecule has 0 aliphatic rings. The lowest BCUT2D eigenvalue weighted by Crippen LogP contribution is -2.12. The molecule has 0 aliphatic heterocycles. The Kier molecular flexibility index (Phi) is 5.11. The molecule has 1 heterocycles. The van der Waals surface area contributed by atoms with Gasteiger partial charge in [0.05, 0.1) is 20.8 Å². The van der Waals surface area contributed by atoms with Crippen LogP contribution in [0.15, 0.2) is 29.0 Å². The first-order valence-electron chi connectivity index (χ1n) is 5.51. The van der Waals surface area contributed by atoms with Gasteiger partial charge in [-0.25, -0.2) is 0 Å². The van der Waals surface area contributed by atoms with Crippen LogP contribution in [-0.4, -0.2) is 5.91 Å². The molecular weight excluding hydrogens is 325 g/mol. The zero-order chi connectivity index (χ0) is 13.8. The number of halogens is 3. The highest BCUT2D eigenvalue weighted by Gasteiger charge is 2.09. The lowest BCUT2D eigenvalue weighted by molar-refractivity contribution is -0.116. The zero-order valence-electron chi connectivity index (χ0n) is 9.75. The van der Waals surface area contributed by atoms with Gasteiger partial charge in [0.1, 0.15) is 0 Å². The van der Waals surface area contributed by atoms with Crippen LogP contribution in [-0.2, 0) is 11.2 Å². The van der Waals surface area contributed by atoms with Crippen LogP contribution in [0.1, 0.15) is 12.0 Å². The third kappa shape index (κ3) is 4.11. The van der Waals surface area contributed by atoms with Gasteiger partial charge in [-0.1, -0.05) is 34.8 Å². The van der Waals surface area contributed by atoms with Crippen molar-refractivity contribution in [1.29, 1.82) is 0 Å². The largest absolute Gasteiger partial charge is 0.325 e. The van der Waals surface area contributed by atoms with Gasteiger partial charge in [-0.2, -0.15) is 11.3 Å². The number of thiophene rings is 1. The van der Waals surface area contributed by atoms with Gasteiger partial charge in [-0.3, -0.25) is 4.79 Å². The van der Waals surface area contributed by atoms with Crippen molar-refractivity contribution in [3.05, 3.63) is 49.6 Å². The first kappa shape index (κ1) is 14.7. The zero-order valence-corrected chi connectivity index (χ0v) is 12.8. The summed E-state index contributed by atoms with van der Waals surface area (Å²) in [4.78, 5) is 11.8. The van der Waals surface area contributed by atoms with E-state index in [0.29, 0.717) is 33.6 Å². The molecule has 2 nitrogen and oxygen atoms in total. The number of rotatable bonds is 4. The van der Waals surface area contributed by atoms with Crippen LogP contribution in [0.4, 0.5) is 5.69 Å². The summed E-state index contributed by atoms with van der Waals surface area (Å²) in [5.41, 5.74) is 1.63. The van der Waals surface area contributed by atoms with Gasteiger partial charge in [0.2, 0.25) is 5.91 Å². The Labute approximate surface area is 130 Å². The van der Waals surface area contributed by atoms with E-state index in [1.807, 2.05) is 16.8 Å². The maximum absolute atomic E-state index is 11.8. The van der Waals surface area contributed by atoms with Crippen LogP contribution in [0.2, 0.25) is 15.1 Å². The number of hydrogen-bond donors (Lipinski definition) is 1. The lowest BCUT2D eigenvalue weighted by atomic mass is 10.2. The fourth-order valence-electron chi connectivity index (χ4n) is 1.52. The first-order chi connectivity index (χ1) is 9.06. The fraction of sp³-hybridized carbons (Fsp3) is 0.154. The molecule has 100 valence electrons. The number of hydrogen-bond acceptors (Lipinski definition) is 2. The van der Waals surface area contributed by atoms with E-state index in [2.05, 4.69) is 5.32 Å². The summed E-state index contributed by atoms with van der Waals surface area (Å²) in [6, 6.07) is 5.07. The van der Waals surface area contributed by atoms with Gasteiger partial charge < -0.3 is 5.32 Å². The molecule has 0 saturated carbocycles. The summed E-state index contributed by atoms with van der Waals surface area (Å²) in [6.45, 7) is 0. The van der Waals surface area contributed by atoms with Crippen molar-refractivity contribution < 1.29 is 4.79 Å². The van der Waals surface area contributed by atoms with E-state index in [1.165, 1.54) is 6.07 Å². The second-order valence-electron chi connectivity index (χ2n) is 3.93.